The predicted octanol–water partition coefficient (Wildman–Crippen LogP) is 1.64. The summed E-state index contributed by atoms with van der Waals surface area (Å²) in [7, 11) is 0. The zero-order valence-electron chi connectivity index (χ0n) is 12.0. The molecule has 0 saturated heterocycles. The molecule has 0 radical (unpaired) electrons. The highest BCUT2D eigenvalue weighted by molar-refractivity contribution is 5.82. The smallest absolute Gasteiger partial charge is 0.336 e. The Morgan fingerprint density at radius 3 is 2.86 bits per heavy atom. The van der Waals surface area contributed by atoms with E-state index in [9.17, 15) is 9.59 Å². The molecular weight excluding hydrogens is 272 g/mol. The van der Waals surface area contributed by atoms with Crippen molar-refractivity contribution in [2.24, 2.45) is 5.84 Å². The fourth-order valence-electron chi connectivity index (χ4n) is 2.14. The molecule has 1 unspecified atom stereocenters. The van der Waals surface area contributed by atoms with Gasteiger partial charge in [-0.05, 0) is 31.0 Å². The van der Waals surface area contributed by atoms with Gasteiger partial charge in [0, 0.05) is 17.5 Å². The molecule has 1 heterocycles. The molecule has 0 aliphatic heterocycles. The first kappa shape index (κ1) is 15.1. The Morgan fingerprint density at radius 2 is 2.19 bits per heavy atom. The van der Waals surface area contributed by atoms with Gasteiger partial charge in [-0.2, -0.15) is 0 Å². The minimum Gasteiger partial charge on any atom is -0.480 e. The number of carbonyl (C=O) groups excluding carboxylic acids is 1. The molecule has 0 fully saturated rings. The standard InChI is InChI=1S/C15H18N2O4/c1-3-4-12(15(19)17-16)20-10-5-6-11-9(2)7-14(18)21-13(11)8-10/h5-8,12H,3-4,16H2,1-2H3,(H,17,19). The minimum atomic E-state index is -0.672. The first-order valence-corrected chi connectivity index (χ1v) is 6.76. The van der Waals surface area contributed by atoms with Gasteiger partial charge in [-0.25, -0.2) is 10.6 Å². The normalized spacial score (nSPS) is 12.1. The third kappa shape index (κ3) is 3.41. The van der Waals surface area contributed by atoms with Crippen LogP contribution in [0.2, 0.25) is 0 Å². The van der Waals surface area contributed by atoms with Crippen molar-refractivity contribution in [1.82, 2.24) is 5.43 Å². The molecule has 6 nitrogen and oxygen atoms in total. The van der Waals surface area contributed by atoms with E-state index in [1.807, 2.05) is 13.8 Å². The number of rotatable bonds is 5. The van der Waals surface area contributed by atoms with E-state index in [0.29, 0.717) is 17.8 Å². The molecule has 1 atom stereocenters. The summed E-state index contributed by atoms with van der Waals surface area (Å²) < 4.78 is 10.8. The molecule has 112 valence electrons. The van der Waals surface area contributed by atoms with E-state index in [4.69, 9.17) is 15.0 Å². The minimum absolute atomic E-state index is 0.386. The maximum atomic E-state index is 11.6. The molecule has 0 bridgehead atoms. The first-order valence-electron chi connectivity index (χ1n) is 6.76. The Labute approximate surface area is 121 Å². The lowest BCUT2D eigenvalue weighted by atomic mass is 10.1. The van der Waals surface area contributed by atoms with Crippen molar-refractivity contribution in [3.63, 3.8) is 0 Å². The monoisotopic (exact) mass is 290 g/mol. The van der Waals surface area contributed by atoms with E-state index in [2.05, 4.69) is 5.43 Å². The third-order valence-corrected chi connectivity index (χ3v) is 3.19. The number of benzene rings is 1. The van der Waals surface area contributed by atoms with Crippen molar-refractivity contribution in [2.45, 2.75) is 32.8 Å². The Bertz CT molecular complexity index is 708. The van der Waals surface area contributed by atoms with Crippen LogP contribution in [0.5, 0.6) is 5.75 Å². The molecule has 0 saturated carbocycles. The molecule has 1 aromatic carbocycles. The third-order valence-electron chi connectivity index (χ3n) is 3.19. The number of nitrogens with one attached hydrogen (secondary N) is 1. The molecule has 6 heteroatoms. The molecule has 1 amide bonds. The van der Waals surface area contributed by atoms with Crippen LogP contribution in [0, 0.1) is 6.92 Å². The Kier molecular flexibility index (Phi) is 4.59. The molecule has 0 aliphatic rings. The predicted molar refractivity (Wildman–Crippen MR) is 78.9 cm³/mol. The second-order valence-corrected chi connectivity index (χ2v) is 4.81. The van der Waals surface area contributed by atoms with E-state index in [-0.39, 0.29) is 5.91 Å². The van der Waals surface area contributed by atoms with E-state index in [1.54, 1.807) is 18.2 Å². The number of aryl methyl sites for hydroxylation is 1. The average Bonchev–Trinajstić information content (AvgIpc) is 2.45. The van der Waals surface area contributed by atoms with Crippen molar-refractivity contribution in [3.05, 3.63) is 40.2 Å². The largest absolute Gasteiger partial charge is 0.480 e. The Morgan fingerprint density at radius 1 is 1.43 bits per heavy atom. The maximum Gasteiger partial charge on any atom is 0.336 e. The van der Waals surface area contributed by atoms with Crippen molar-refractivity contribution in [2.75, 3.05) is 0 Å². The summed E-state index contributed by atoms with van der Waals surface area (Å²) in [5.74, 6) is 5.22. The van der Waals surface area contributed by atoms with Crippen molar-refractivity contribution < 1.29 is 13.9 Å². The summed E-state index contributed by atoms with van der Waals surface area (Å²) in [6.45, 7) is 3.78. The van der Waals surface area contributed by atoms with E-state index >= 15 is 0 Å². The lowest BCUT2D eigenvalue weighted by Crippen LogP contribution is -2.42. The molecule has 3 N–H and O–H groups in total. The van der Waals surface area contributed by atoms with Crippen LogP contribution in [0.25, 0.3) is 11.0 Å². The van der Waals surface area contributed by atoms with Crippen molar-refractivity contribution >= 4 is 16.9 Å². The van der Waals surface area contributed by atoms with Crippen molar-refractivity contribution in [1.29, 1.82) is 0 Å². The zero-order valence-corrected chi connectivity index (χ0v) is 12.0. The number of nitrogens with two attached hydrogens (primary N) is 1. The van der Waals surface area contributed by atoms with E-state index in [0.717, 1.165) is 17.4 Å². The molecule has 2 aromatic rings. The number of fused-ring (bicyclic) bond motifs is 1. The summed E-state index contributed by atoms with van der Waals surface area (Å²) >= 11 is 0. The van der Waals surface area contributed by atoms with Gasteiger partial charge in [0.25, 0.3) is 5.91 Å². The second-order valence-electron chi connectivity index (χ2n) is 4.81. The number of amides is 1. The lowest BCUT2D eigenvalue weighted by molar-refractivity contribution is -0.128. The van der Waals surface area contributed by atoms with Crippen LogP contribution in [0.1, 0.15) is 25.3 Å². The molecule has 1 aromatic heterocycles. The van der Waals surface area contributed by atoms with Gasteiger partial charge in [0.1, 0.15) is 11.3 Å². The number of hydrogen-bond donors (Lipinski definition) is 2. The topological polar surface area (TPSA) is 94.6 Å². The van der Waals surface area contributed by atoms with Gasteiger partial charge in [-0.3, -0.25) is 10.2 Å². The SMILES string of the molecule is CCCC(Oc1ccc2c(C)cc(=O)oc2c1)C(=O)NN. The van der Waals surface area contributed by atoms with Gasteiger partial charge in [-0.15, -0.1) is 0 Å². The number of hydrogen-bond acceptors (Lipinski definition) is 5. The molecule has 0 spiro atoms. The quantitative estimate of drug-likeness (QED) is 0.378. The van der Waals surface area contributed by atoms with Crippen molar-refractivity contribution in [3.8, 4) is 5.75 Å². The van der Waals surface area contributed by atoms with Gasteiger partial charge in [0.05, 0.1) is 0 Å². The van der Waals surface area contributed by atoms with Crippen LogP contribution >= 0.6 is 0 Å². The Hall–Kier alpha value is -2.34. The first-order chi connectivity index (χ1) is 10.0. The maximum absolute atomic E-state index is 11.6. The fraction of sp³-hybridized carbons (Fsp3) is 0.333. The van der Waals surface area contributed by atoms with Crippen LogP contribution in [-0.2, 0) is 4.79 Å². The fourth-order valence-corrected chi connectivity index (χ4v) is 2.14. The highest BCUT2D eigenvalue weighted by Crippen LogP contribution is 2.23. The van der Waals surface area contributed by atoms with Gasteiger partial charge in [-0.1, -0.05) is 13.3 Å². The van der Waals surface area contributed by atoms with Crippen LogP contribution < -0.4 is 21.6 Å². The zero-order chi connectivity index (χ0) is 15.4. The molecule has 2 rings (SSSR count). The van der Waals surface area contributed by atoms with Crippen LogP contribution in [0.3, 0.4) is 0 Å². The summed E-state index contributed by atoms with van der Waals surface area (Å²) in [5.41, 5.74) is 2.94. The van der Waals surface area contributed by atoms with E-state index < -0.39 is 11.7 Å². The molecule has 0 aliphatic carbocycles. The number of ether oxygens (including phenoxy) is 1. The molecular formula is C15H18N2O4. The van der Waals surface area contributed by atoms with Gasteiger partial charge in [0.2, 0.25) is 0 Å². The highest BCUT2D eigenvalue weighted by atomic mass is 16.5. The summed E-state index contributed by atoms with van der Waals surface area (Å²) in [4.78, 5) is 23.1. The molecule has 21 heavy (non-hydrogen) atoms. The van der Waals surface area contributed by atoms with Gasteiger partial charge >= 0.3 is 5.63 Å². The summed E-state index contributed by atoms with van der Waals surface area (Å²) in [6.07, 6.45) is 0.646. The summed E-state index contributed by atoms with van der Waals surface area (Å²) in [5, 5.41) is 0.831. The average molecular weight is 290 g/mol. The summed E-state index contributed by atoms with van der Waals surface area (Å²) in [6, 6.07) is 6.58. The number of carbonyl (C=O) groups is 1. The van der Waals surface area contributed by atoms with Crippen LogP contribution in [0.15, 0.2) is 33.5 Å². The second kappa shape index (κ2) is 6.41. The Balaban J connectivity index is 2.34. The van der Waals surface area contributed by atoms with Crippen LogP contribution in [0.4, 0.5) is 0 Å². The van der Waals surface area contributed by atoms with E-state index in [1.165, 1.54) is 6.07 Å². The van der Waals surface area contributed by atoms with Gasteiger partial charge in [0.15, 0.2) is 6.10 Å². The van der Waals surface area contributed by atoms with Crippen LogP contribution in [-0.4, -0.2) is 12.0 Å². The van der Waals surface area contributed by atoms with Gasteiger partial charge < -0.3 is 9.15 Å². The lowest BCUT2D eigenvalue weighted by Gasteiger charge is -2.17. The highest BCUT2D eigenvalue weighted by Gasteiger charge is 2.18. The number of hydrazine groups is 1.